The van der Waals surface area contributed by atoms with E-state index >= 15 is 0 Å². The van der Waals surface area contributed by atoms with Crippen molar-refractivity contribution < 1.29 is 15.3 Å². The molecule has 0 heterocycles. The number of allylic oxidation sites excluding steroid dienone is 1. The highest BCUT2D eigenvalue weighted by molar-refractivity contribution is 5.51. The molecule has 3 heteroatoms. The molecule has 0 aliphatic rings. The van der Waals surface area contributed by atoms with Gasteiger partial charge in [0.25, 0.3) is 0 Å². The van der Waals surface area contributed by atoms with E-state index in [9.17, 15) is 15.3 Å². The molecular weight excluding hydrogens is 252 g/mol. The van der Waals surface area contributed by atoms with Gasteiger partial charge < -0.3 is 15.3 Å². The SMILES string of the molecule is CC(C/C=C/c1ccc(O)cc1)c1c(O)cccc1O. The topological polar surface area (TPSA) is 60.7 Å². The van der Waals surface area contributed by atoms with Crippen molar-refractivity contribution in [2.45, 2.75) is 19.3 Å². The average molecular weight is 270 g/mol. The Morgan fingerprint density at radius 3 is 2.15 bits per heavy atom. The smallest absolute Gasteiger partial charge is 0.122 e. The third-order valence-corrected chi connectivity index (χ3v) is 3.25. The molecule has 3 N–H and O–H groups in total. The molecule has 0 saturated heterocycles. The maximum Gasteiger partial charge on any atom is 0.122 e. The van der Waals surface area contributed by atoms with Gasteiger partial charge in [-0.25, -0.2) is 0 Å². The van der Waals surface area contributed by atoms with Crippen molar-refractivity contribution in [3.8, 4) is 17.2 Å². The van der Waals surface area contributed by atoms with E-state index in [2.05, 4.69) is 0 Å². The van der Waals surface area contributed by atoms with Crippen LogP contribution in [0.15, 0.2) is 48.5 Å². The second-order valence-corrected chi connectivity index (χ2v) is 4.84. The number of aromatic hydroxyl groups is 3. The van der Waals surface area contributed by atoms with Gasteiger partial charge >= 0.3 is 0 Å². The molecule has 0 fully saturated rings. The van der Waals surface area contributed by atoms with Crippen LogP contribution in [-0.4, -0.2) is 15.3 Å². The molecule has 0 aromatic heterocycles. The van der Waals surface area contributed by atoms with Gasteiger partial charge in [-0.2, -0.15) is 0 Å². The highest BCUT2D eigenvalue weighted by Crippen LogP contribution is 2.35. The predicted octanol–water partition coefficient (Wildman–Crippen LogP) is 4.01. The fraction of sp³-hybridized carbons (Fsp3) is 0.176. The molecule has 1 atom stereocenters. The molecule has 2 rings (SSSR count). The van der Waals surface area contributed by atoms with Crippen molar-refractivity contribution in [2.24, 2.45) is 0 Å². The zero-order chi connectivity index (χ0) is 14.5. The summed E-state index contributed by atoms with van der Waals surface area (Å²) in [7, 11) is 0. The Balaban J connectivity index is 2.05. The van der Waals surface area contributed by atoms with Crippen LogP contribution in [0.2, 0.25) is 0 Å². The van der Waals surface area contributed by atoms with Crippen LogP contribution in [0, 0.1) is 0 Å². The van der Waals surface area contributed by atoms with Crippen molar-refractivity contribution in [1.29, 1.82) is 0 Å². The fourth-order valence-electron chi connectivity index (χ4n) is 2.16. The monoisotopic (exact) mass is 270 g/mol. The summed E-state index contributed by atoms with van der Waals surface area (Å²) >= 11 is 0. The van der Waals surface area contributed by atoms with Gasteiger partial charge in [-0.3, -0.25) is 0 Å². The summed E-state index contributed by atoms with van der Waals surface area (Å²) in [6, 6.07) is 11.7. The summed E-state index contributed by atoms with van der Waals surface area (Å²) in [6.07, 6.45) is 4.64. The molecular formula is C17H18O3. The van der Waals surface area contributed by atoms with Gasteiger partial charge in [-0.15, -0.1) is 0 Å². The highest BCUT2D eigenvalue weighted by atomic mass is 16.3. The van der Waals surface area contributed by atoms with Crippen LogP contribution >= 0.6 is 0 Å². The summed E-state index contributed by atoms with van der Waals surface area (Å²) in [4.78, 5) is 0. The average Bonchev–Trinajstić information content (AvgIpc) is 2.41. The summed E-state index contributed by atoms with van der Waals surface area (Å²) < 4.78 is 0. The first-order valence-electron chi connectivity index (χ1n) is 6.54. The van der Waals surface area contributed by atoms with Crippen molar-refractivity contribution in [3.05, 3.63) is 59.7 Å². The number of hydrogen-bond donors (Lipinski definition) is 3. The van der Waals surface area contributed by atoms with Crippen molar-refractivity contribution in [3.63, 3.8) is 0 Å². The van der Waals surface area contributed by atoms with E-state index in [1.165, 1.54) is 0 Å². The standard InChI is InChI=1S/C17H18O3/c1-12(17-15(19)6-3-7-16(17)20)4-2-5-13-8-10-14(18)11-9-13/h2-3,5-12,18-20H,4H2,1H3/b5-2+. The molecule has 0 amide bonds. The lowest BCUT2D eigenvalue weighted by Gasteiger charge is -2.13. The van der Waals surface area contributed by atoms with Crippen LogP contribution in [0.25, 0.3) is 6.08 Å². The zero-order valence-corrected chi connectivity index (χ0v) is 11.3. The molecule has 3 nitrogen and oxygen atoms in total. The Labute approximate surface area is 118 Å². The molecule has 104 valence electrons. The highest BCUT2D eigenvalue weighted by Gasteiger charge is 2.13. The van der Waals surface area contributed by atoms with Crippen molar-refractivity contribution in [2.75, 3.05) is 0 Å². The van der Waals surface area contributed by atoms with Crippen molar-refractivity contribution in [1.82, 2.24) is 0 Å². The summed E-state index contributed by atoms with van der Waals surface area (Å²) in [5.74, 6) is 0.505. The Morgan fingerprint density at radius 1 is 0.950 bits per heavy atom. The van der Waals surface area contributed by atoms with Crippen LogP contribution in [0.1, 0.15) is 30.4 Å². The molecule has 2 aromatic rings. The lowest BCUT2D eigenvalue weighted by atomic mass is 9.95. The quantitative estimate of drug-likeness (QED) is 0.786. The van der Waals surface area contributed by atoms with E-state index in [0.717, 1.165) is 5.56 Å². The Hall–Kier alpha value is -2.42. The maximum atomic E-state index is 9.80. The van der Waals surface area contributed by atoms with E-state index in [0.29, 0.717) is 12.0 Å². The lowest BCUT2D eigenvalue weighted by Crippen LogP contribution is -1.93. The van der Waals surface area contributed by atoms with E-state index in [-0.39, 0.29) is 23.2 Å². The number of rotatable bonds is 4. The number of hydrogen-bond acceptors (Lipinski definition) is 3. The molecule has 20 heavy (non-hydrogen) atoms. The molecule has 1 unspecified atom stereocenters. The predicted molar refractivity (Wildman–Crippen MR) is 79.9 cm³/mol. The number of benzene rings is 2. The Bertz CT molecular complexity index is 580. The molecule has 0 aliphatic carbocycles. The Kier molecular flexibility index (Phi) is 4.31. The van der Waals surface area contributed by atoms with Gasteiger partial charge in [0, 0.05) is 5.56 Å². The molecule has 2 aromatic carbocycles. The molecule has 0 bridgehead atoms. The fourth-order valence-corrected chi connectivity index (χ4v) is 2.16. The molecule has 0 saturated carbocycles. The van der Waals surface area contributed by atoms with Gasteiger partial charge in [0.2, 0.25) is 0 Å². The van der Waals surface area contributed by atoms with E-state index in [4.69, 9.17) is 0 Å². The molecule has 0 aliphatic heterocycles. The van der Waals surface area contributed by atoms with Crippen LogP contribution in [-0.2, 0) is 0 Å². The lowest BCUT2D eigenvalue weighted by molar-refractivity contribution is 0.431. The summed E-state index contributed by atoms with van der Waals surface area (Å²) in [5, 5.41) is 28.8. The zero-order valence-electron chi connectivity index (χ0n) is 11.3. The minimum absolute atomic E-state index is 0.0181. The normalized spacial score (nSPS) is 12.7. The maximum absolute atomic E-state index is 9.80. The third kappa shape index (κ3) is 3.32. The Morgan fingerprint density at radius 2 is 1.55 bits per heavy atom. The number of phenolic OH excluding ortho intramolecular Hbond substituents is 3. The minimum atomic E-state index is 0.0181. The third-order valence-electron chi connectivity index (χ3n) is 3.25. The molecule has 0 spiro atoms. The van der Waals surface area contributed by atoms with Gasteiger partial charge in [0.1, 0.15) is 17.2 Å². The van der Waals surface area contributed by atoms with Crippen LogP contribution in [0.3, 0.4) is 0 Å². The second kappa shape index (κ2) is 6.15. The first-order valence-corrected chi connectivity index (χ1v) is 6.54. The van der Waals surface area contributed by atoms with Gasteiger partial charge in [-0.05, 0) is 42.2 Å². The van der Waals surface area contributed by atoms with Gasteiger partial charge in [-0.1, -0.05) is 37.3 Å². The largest absolute Gasteiger partial charge is 0.508 e. The summed E-state index contributed by atoms with van der Waals surface area (Å²) in [6.45, 7) is 1.95. The first kappa shape index (κ1) is 14.0. The van der Waals surface area contributed by atoms with E-state index < -0.39 is 0 Å². The minimum Gasteiger partial charge on any atom is -0.508 e. The second-order valence-electron chi connectivity index (χ2n) is 4.84. The summed E-state index contributed by atoms with van der Waals surface area (Å²) in [5.41, 5.74) is 1.57. The number of phenols is 3. The van der Waals surface area contributed by atoms with Gasteiger partial charge in [0.05, 0.1) is 0 Å². The molecule has 0 radical (unpaired) electrons. The van der Waals surface area contributed by atoms with E-state index in [1.54, 1.807) is 30.3 Å². The van der Waals surface area contributed by atoms with Crippen LogP contribution < -0.4 is 0 Å². The van der Waals surface area contributed by atoms with Crippen LogP contribution in [0.4, 0.5) is 0 Å². The van der Waals surface area contributed by atoms with Gasteiger partial charge in [0.15, 0.2) is 0 Å². The van der Waals surface area contributed by atoms with Crippen LogP contribution in [0.5, 0.6) is 17.2 Å². The van der Waals surface area contributed by atoms with E-state index in [1.807, 2.05) is 31.2 Å². The first-order chi connectivity index (χ1) is 9.58. The van der Waals surface area contributed by atoms with Crippen molar-refractivity contribution >= 4 is 6.08 Å².